The average molecular weight is 544 g/mol. The Labute approximate surface area is 223 Å². The molecule has 4 aliphatic rings. The second kappa shape index (κ2) is 8.88. The highest BCUT2D eigenvalue weighted by atomic mass is 19.1. The smallest absolute Gasteiger partial charge is 0.255 e. The van der Waals surface area contributed by atoms with E-state index in [0.29, 0.717) is 12.8 Å². The fourth-order valence-electron chi connectivity index (χ4n) is 6.76. The number of Topliss-reactive ketones (excluding diaryl/α,β-unsaturated/α-hetero) is 2. The topological polar surface area (TPSA) is 182 Å². The van der Waals surface area contributed by atoms with Crippen molar-refractivity contribution >= 4 is 29.1 Å². The molecule has 1 aliphatic heterocycles. The van der Waals surface area contributed by atoms with Crippen LogP contribution >= 0.6 is 0 Å². The molecule has 0 aromatic heterocycles. The lowest BCUT2D eigenvalue weighted by molar-refractivity contribution is -0.148. The number of ketones is 2. The Morgan fingerprint density at radius 1 is 1.21 bits per heavy atom. The molecular weight excluding hydrogens is 513 g/mol. The molecule has 1 aromatic rings. The number of amides is 2. The van der Waals surface area contributed by atoms with Crippen molar-refractivity contribution < 1.29 is 44.0 Å². The van der Waals surface area contributed by atoms with Crippen LogP contribution in [0.5, 0.6) is 5.75 Å². The number of aliphatic hydroxyl groups is 3. The number of aliphatic hydroxyl groups excluding tert-OH is 2. The zero-order chi connectivity index (χ0) is 28.7. The molecule has 1 aromatic carbocycles. The van der Waals surface area contributed by atoms with Crippen molar-refractivity contribution in [3.63, 3.8) is 0 Å². The molecule has 6 N–H and O–H groups in total. The zero-order valence-corrected chi connectivity index (χ0v) is 21.7. The monoisotopic (exact) mass is 543 g/mol. The number of carbonyl (C=O) groups excluding carboxylic acids is 4. The van der Waals surface area contributed by atoms with Crippen molar-refractivity contribution in [3.05, 3.63) is 45.7 Å². The van der Waals surface area contributed by atoms with Crippen LogP contribution < -0.4 is 10.6 Å². The van der Waals surface area contributed by atoms with Crippen LogP contribution in [0.25, 0.3) is 0 Å². The summed E-state index contributed by atoms with van der Waals surface area (Å²) in [7, 11) is 3.05. The van der Waals surface area contributed by atoms with E-state index < -0.39 is 80.7 Å². The molecule has 5 atom stereocenters. The Balaban J connectivity index is 1.69. The number of halogens is 1. The van der Waals surface area contributed by atoms with E-state index in [-0.39, 0.29) is 42.5 Å². The second-order valence-corrected chi connectivity index (χ2v) is 11.1. The fourth-order valence-corrected chi connectivity index (χ4v) is 6.76. The fraction of sp³-hybridized carbons (Fsp3) is 0.481. The molecule has 0 saturated carbocycles. The number of aromatic hydroxyl groups is 1. The number of carbonyl (C=O) groups is 4. The minimum Gasteiger partial charge on any atom is -0.510 e. The highest BCUT2D eigenvalue weighted by Crippen LogP contribution is 2.53. The first kappa shape index (κ1) is 26.8. The van der Waals surface area contributed by atoms with E-state index in [0.717, 1.165) is 6.07 Å². The molecule has 1 fully saturated rings. The van der Waals surface area contributed by atoms with E-state index in [4.69, 9.17) is 5.73 Å². The summed E-state index contributed by atoms with van der Waals surface area (Å²) in [5.74, 6) is -9.62. The number of hydrogen-bond donors (Lipinski definition) is 5. The summed E-state index contributed by atoms with van der Waals surface area (Å²) in [6.45, 7) is 1.93. The van der Waals surface area contributed by atoms with Crippen LogP contribution in [0.3, 0.4) is 0 Å². The number of likely N-dealkylation sites (N-methyl/N-ethyl adjacent to an activating group) is 1. The summed E-state index contributed by atoms with van der Waals surface area (Å²) in [6.07, 6.45) is 0.928. The van der Waals surface area contributed by atoms with Crippen LogP contribution in [-0.2, 0) is 20.8 Å². The van der Waals surface area contributed by atoms with Crippen LogP contribution in [0, 0.1) is 23.6 Å². The number of nitrogens with zero attached hydrogens (tertiary/aromatic N) is 2. The van der Waals surface area contributed by atoms with Crippen molar-refractivity contribution in [2.24, 2.45) is 23.5 Å². The Hall–Kier alpha value is -3.77. The minimum absolute atomic E-state index is 0.119. The number of anilines is 1. The second-order valence-electron chi connectivity index (χ2n) is 11.1. The Kier molecular flexibility index (Phi) is 6.11. The van der Waals surface area contributed by atoms with Crippen molar-refractivity contribution in [3.8, 4) is 5.75 Å². The molecule has 0 unspecified atom stereocenters. The van der Waals surface area contributed by atoms with Crippen molar-refractivity contribution in [2.75, 3.05) is 25.5 Å². The molecule has 12 heteroatoms. The third-order valence-electron chi connectivity index (χ3n) is 8.65. The normalized spacial score (nSPS) is 30.9. The van der Waals surface area contributed by atoms with Crippen molar-refractivity contribution in [2.45, 2.75) is 44.2 Å². The largest absolute Gasteiger partial charge is 0.510 e. The molecule has 11 nitrogen and oxygen atoms in total. The molecule has 0 spiro atoms. The highest BCUT2D eigenvalue weighted by Gasteiger charge is 2.63. The van der Waals surface area contributed by atoms with Gasteiger partial charge in [-0.15, -0.1) is 0 Å². The molecule has 5 rings (SSSR count). The summed E-state index contributed by atoms with van der Waals surface area (Å²) in [5.41, 5.74) is 0.495. The van der Waals surface area contributed by atoms with Gasteiger partial charge in [-0.3, -0.25) is 24.1 Å². The number of benzene rings is 1. The van der Waals surface area contributed by atoms with Gasteiger partial charge in [-0.2, -0.15) is 0 Å². The van der Waals surface area contributed by atoms with Crippen molar-refractivity contribution in [1.29, 1.82) is 0 Å². The third-order valence-corrected chi connectivity index (χ3v) is 8.65. The van der Waals surface area contributed by atoms with Crippen LogP contribution in [0.2, 0.25) is 0 Å². The molecular formula is C27H30FN3O8. The summed E-state index contributed by atoms with van der Waals surface area (Å²) in [6, 6.07) is -0.117. The van der Waals surface area contributed by atoms with Gasteiger partial charge in [0.05, 0.1) is 17.3 Å². The number of phenols is 1. The first-order valence-electron chi connectivity index (χ1n) is 12.7. The lowest BCUT2D eigenvalue weighted by atomic mass is 9.58. The molecule has 1 heterocycles. The number of piperidine rings is 1. The number of nitrogens with two attached hydrogens (primary N) is 1. The average Bonchev–Trinajstić information content (AvgIpc) is 2.85. The summed E-state index contributed by atoms with van der Waals surface area (Å²) < 4.78 is 15.5. The van der Waals surface area contributed by atoms with Gasteiger partial charge in [-0.25, -0.2) is 4.39 Å². The zero-order valence-electron chi connectivity index (χ0n) is 21.7. The van der Waals surface area contributed by atoms with Gasteiger partial charge < -0.3 is 31.1 Å². The Bertz CT molecular complexity index is 1420. The summed E-state index contributed by atoms with van der Waals surface area (Å²) in [4.78, 5) is 54.7. The van der Waals surface area contributed by atoms with Gasteiger partial charge in [-0.05, 0) is 45.7 Å². The van der Waals surface area contributed by atoms with E-state index in [1.807, 2.05) is 0 Å². The predicted octanol–water partition coefficient (Wildman–Crippen LogP) is 1.02. The van der Waals surface area contributed by atoms with Crippen LogP contribution in [0.15, 0.2) is 28.7 Å². The number of phenolic OH excluding ortho intramolecular Hbond substituents is 1. The van der Waals surface area contributed by atoms with Gasteiger partial charge in [-0.1, -0.05) is 6.92 Å². The lowest BCUT2D eigenvalue weighted by Crippen LogP contribution is -2.63. The van der Waals surface area contributed by atoms with Crippen LogP contribution in [0.4, 0.5) is 10.1 Å². The molecule has 0 bridgehead atoms. The number of rotatable bonds is 3. The molecule has 1 saturated heterocycles. The molecule has 2 amide bonds. The quantitative estimate of drug-likeness (QED) is 0.348. The van der Waals surface area contributed by atoms with Gasteiger partial charge in [0, 0.05) is 35.6 Å². The number of hydrogen-bond acceptors (Lipinski definition) is 9. The molecule has 39 heavy (non-hydrogen) atoms. The van der Waals surface area contributed by atoms with Gasteiger partial charge in [0.15, 0.2) is 17.1 Å². The van der Waals surface area contributed by atoms with Crippen LogP contribution in [0.1, 0.15) is 42.1 Å². The van der Waals surface area contributed by atoms with Crippen molar-refractivity contribution in [1.82, 2.24) is 4.90 Å². The lowest BCUT2D eigenvalue weighted by Gasteiger charge is -2.50. The van der Waals surface area contributed by atoms with Gasteiger partial charge in [0.1, 0.15) is 22.9 Å². The number of fused-ring (bicyclic) bond motifs is 3. The third kappa shape index (κ3) is 3.54. The maximum Gasteiger partial charge on any atom is 0.255 e. The maximum absolute atomic E-state index is 15.5. The minimum atomic E-state index is -2.78. The SMILES string of the molecule is C[C@H]1CCCN(c2cc(F)c3c(c2O)C(=O)C2=C(O)[C@]4(O)C(=O)C(C(N)=O)=C(O)[C@@H](N(C)C)[C@@H]4C[C@@H]2C3)C1=O. The van der Waals surface area contributed by atoms with Gasteiger partial charge in [0.25, 0.3) is 5.91 Å². The van der Waals surface area contributed by atoms with E-state index in [1.165, 1.54) is 23.9 Å². The Morgan fingerprint density at radius 3 is 2.49 bits per heavy atom. The van der Waals surface area contributed by atoms with Crippen LogP contribution in [-0.4, -0.2) is 81.0 Å². The summed E-state index contributed by atoms with van der Waals surface area (Å²) in [5, 5.41) is 44.9. The van der Waals surface area contributed by atoms with Gasteiger partial charge in [0.2, 0.25) is 11.7 Å². The highest BCUT2D eigenvalue weighted by molar-refractivity contribution is 6.25. The van der Waals surface area contributed by atoms with E-state index >= 15 is 4.39 Å². The van der Waals surface area contributed by atoms with E-state index in [2.05, 4.69) is 0 Å². The molecule has 3 aliphatic carbocycles. The standard InChI is InChI=1S/C27H30FN3O8/c1-10-5-4-6-31(26(10)38)15-9-14(28)12-7-11-8-13-19(30(2)3)22(34)18(25(29)37)24(36)27(13,39)23(35)16(11)21(33)17(12)20(15)32/h9-11,13,19,32,34-35,39H,4-8H2,1-3H3,(H2,29,37)/t10-,11-,13-,19-,27-/m0/s1. The number of primary amides is 1. The first-order valence-corrected chi connectivity index (χ1v) is 12.7. The maximum atomic E-state index is 15.5. The molecule has 0 radical (unpaired) electrons. The first-order chi connectivity index (χ1) is 18.2. The predicted molar refractivity (Wildman–Crippen MR) is 134 cm³/mol. The summed E-state index contributed by atoms with van der Waals surface area (Å²) >= 11 is 0. The Morgan fingerprint density at radius 2 is 1.87 bits per heavy atom. The molecule has 208 valence electrons. The van der Waals surface area contributed by atoms with Gasteiger partial charge >= 0.3 is 0 Å². The van der Waals surface area contributed by atoms with E-state index in [1.54, 1.807) is 6.92 Å². The number of allylic oxidation sites excluding steroid dienone is 1. The van der Waals surface area contributed by atoms with E-state index in [9.17, 15) is 39.6 Å².